The van der Waals surface area contributed by atoms with Crippen molar-refractivity contribution in [3.05, 3.63) is 10.1 Å². The van der Waals surface area contributed by atoms with E-state index in [0.717, 1.165) is 0 Å². The van der Waals surface area contributed by atoms with Crippen LogP contribution in [0.2, 0.25) is 0 Å². The third kappa shape index (κ3) is 2.45. The van der Waals surface area contributed by atoms with Crippen molar-refractivity contribution in [3.63, 3.8) is 0 Å². The molecule has 1 fully saturated rings. The van der Waals surface area contributed by atoms with Crippen LogP contribution < -0.4 is 0 Å². The summed E-state index contributed by atoms with van der Waals surface area (Å²) in [4.78, 5) is 20.7. The average molecular weight is 436 g/mol. The van der Waals surface area contributed by atoms with E-state index in [4.69, 9.17) is 65.4 Å². The molecule has 0 amide bonds. The first-order valence-electron chi connectivity index (χ1n) is 7.30. The standard InChI is InChI=1S/C15H18Cl4O6/c1-22-9(20)5-7-8(6-10(21)23-2)14(19)12(17)11(16)13(7,18)15(14,24-3)25-4/h7-8H,5-6H2,1-4H3/t7-,8-,13-,14+/m1/s1. The van der Waals surface area contributed by atoms with E-state index >= 15 is 0 Å². The van der Waals surface area contributed by atoms with Crippen molar-refractivity contribution in [1.82, 2.24) is 0 Å². The van der Waals surface area contributed by atoms with Crippen LogP contribution >= 0.6 is 46.4 Å². The number of hydrogen-bond donors (Lipinski definition) is 0. The number of hydrogen-bond acceptors (Lipinski definition) is 6. The molecule has 2 aliphatic rings. The molecule has 0 radical (unpaired) electrons. The SMILES string of the molecule is COC(=O)C[C@@H]1[C@@H](CC(=O)OC)[C@@]2(Cl)C(Cl)=C(Cl)[C@]1(Cl)C2(OC)OC. The highest BCUT2D eigenvalue weighted by Crippen LogP contribution is 2.74. The van der Waals surface area contributed by atoms with E-state index in [1.54, 1.807) is 0 Å². The van der Waals surface area contributed by atoms with Gasteiger partial charge in [0, 0.05) is 26.1 Å². The molecule has 0 N–H and O–H groups in total. The van der Waals surface area contributed by atoms with Gasteiger partial charge in [0.2, 0.25) is 5.79 Å². The number of ether oxygens (including phenoxy) is 4. The number of halogens is 4. The minimum absolute atomic E-state index is 0.0181. The second-order valence-electron chi connectivity index (χ2n) is 5.85. The van der Waals surface area contributed by atoms with E-state index in [9.17, 15) is 9.59 Å². The first-order chi connectivity index (χ1) is 11.6. The summed E-state index contributed by atoms with van der Waals surface area (Å²) < 4.78 is 20.6. The van der Waals surface area contributed by atoms with Gasteiger partial charge in [-0.3, -0.25) is 9.59 Å². The molecule has 1 saturated carbocycles. The molecule has 2 aliphatic carbocycles. The van der Waals surface area contributed by atoms with Crippen molar-refractivity contribution in [2.45, 2.75) is 28.4 Å². The molecule has 6 nitrogen and oxygen atoms in total. The first-order valence-corrected chi connectivity index (χ1v) is 8.81. The molecule has 0 unspecified atom stereocenters. The predicted molar refractivity (Wildman–Crippen MR) is 92.9 cm³/mol. The number of alkyl halides is 2. The van der Waals surface area contributed by atoms with Crippen LogP contribution in [0.5, 0.6) is 0 Å². The van der Waals surface area contributed by atoms with E-state index in [-0.39, 0.29) is 22.9 Å². The highest BCUT2D eigenvalue weighted by molar-refractivity contribution is 6.52. The molecule has 0 saturated heterocycles. The molecule has 0 aromatic heterocycles. The van der Waals surface area contributed by atoms with Gasteiger partial charge in [0.1, 0.15) is 9.75 Å². The van der Waals surface area contributed by atoms with Crippen LogP contribution in [0.3, 0.4) is 0 Å². The topological polar surface area (TPSA) is 71.1 Å². The molecule has 0 aromatic carbocycles. The first kappa shape index (κ1) is 21.1. The zero-order valence-corrected chi connectivity index (χ0v) is 17.1. The summed E-state index contributed by atoms with van der Waals surface area (Å²) in [6.45, 7) is 0. The maximum absolute atomic E-state index is 12.0. The van der Waals surface area contributed by atoms with Gasteiger partial charge in [-0.15, -0.1) is 23.2 Å². The molecule has 25 heavy (non-hydrogen) atoms. The predicted octanol–water partition coefficient (Wildman–Crippen LogP) is 3.01. The second kappa shape index (κ2) is 7.06. The summed E-state index contributed by atoms with van der Waals surface area (Å²) in [5, 5.41) is 0.0362. The number of rotatable bonds is 6. The smallest absolute Gasteiger partial charge is 0.305 e. The molecule has 0 heterocycles. The minimum Gasteiger partial charge on any atom is -0.469 e. The Bertz CT molecular complexity index is 571. The van der Waals surface area contributed by atoms with Crippen LogP contribution in [0, 0.1) is 11.8 Å². The Hall–Kier alpha value is -0.240. The van der Waals surface area contributed by atoms with Gasteiger partial charge in [-0.05, 0) is 0 Å². The van der Waals surface area contributed by atoms with E-state index in [1.807, 2.05) is 0 Å². The molecule has 2 bridgehead atoms. The van der Waals surface area contributed by atoms with Crippen LogP contribution in [0.4, 0.5) is 0 Å². The lowest BCUT2D eigenvalue weighted by Gasteiger charge is -2.41. The van der Waals surface area contributed by atoms with Gasteiger partial charge >= 0.3 is 11.9 Å². The van der Waals surface area contributed by atoms with Crippen LogP contribution in [-0.4, -0.2) is 55.9 Å². The molecule has 4 atom stereocenters. The third-order valence-corrected chi connectivity index (χ3v) is 7.80. The normalized spacial score (nSPS) is 35.8. The van der Waals surface area contributed by atoms with Crippen molar-refractivity contribution >= 4 is 58.3 Å². The molecule has 142 valence electrons. The molecule has 0 aromatic rings. The fourth-order valence-electron chi connectivity index (χ4n) is 4.01. The fourth-order valence-corrected chi connectivity index (χ4v) is 6.24. The van der Waals surface area contributed by atoms with E-state index in [2.05, 4.69) is 0 Å². The lowest BCUT2D eigenvalue weighted by atomic mass is 9.78. The molecule has 10 heteroatoms. The lowest BCUT2D eigenvalue weighted by molar-refractivity contribution is -0.220. The summed E-state index contributed by atoms with van der Waals surface area (Å²) in [6, 6.07) is 0. The zero-order valence-electron chi connectivity index (χ0n) is 14.0. The number of fused-ring (bicyclic) bond motifs is 2. The van der Waals surface area contributed by atoms with Crippen LogP contribution in [0.1, 0.15) is 12.8 Å². The lowest BCUT2D eigenvalue weighted by Crippen LogP contribution is -2.57. The quantitative estimate of drug-likeness (QED) is 0.362. The maximum Gasteiger partial charge on any atom is 0.305 e. The largest absolute Gasteiger partial charge is 0.469 e. The van der Waals surface area contributed by atoms with Gasteiger partial charge in [-0.2, -0.15) is 0 Å². The number of methoxy groups -OCH3 is 4. The fraction of sp³-hybridized carbons (Fsp3) is 0.733. The summed E-state index contributed by atoms with van der Waals surface area (Å²) in [5.74, 6) is -4.26. The number of carbonyl (C=O) groups excluding carboxylic acids is 2. The monoisotopic (exact) mass is 434 g/mol. The summed E-state index contributed by atoms with van der Waals surface area (Å²) in [7, 11) is 5.17. The van der Waals surface area contributed by atoms with Crippen LogP contribution in [0.25, 0.3) is 0 Å². The molecule has 0 spiro atoms. The van der Waals surface area contributed by atoms with Gasteiger partial charge in [0.15, 0.2) is 0 Å². The Kier molecular flexibility index (Phi) is 5.95. The van der Waals surface area contributed by atoms with Gasteiger partial charge in [0.25, 0.3) is 0 Å². The van der Waals surface area contributed by atoms with E-state index in [1.165, 1.54) is 28.4 Å². The van der Waals surface area contributed by atoms with Gasteiger partial charge in [-0.1, -0.05) is 23.2 Å². The Morgan fingerprint density at radius 1 is 0.840 bits per heavy atom. The highest BCUT2D eigenvalue weighted by atomic mass is 35.5. The van der Waals surface area contributed by atoms with Crippen LogP contribution in [0.15, 0.2) is 10.1 Å². The Labute approximate surface area is 165 Å². The molecular formula is C15H18Cl4O6. The third-order valence-electron chi connectivity index (χ3n) is 5.10. The van der Waals surface area contributed by atoms with Crippen molar-refractivity contribution in [2.75, 3.05) is 28.4 Å². The van der Waals surface area contributed by atoms with Crippen molar-refractivity contribution in [1.29, 1.82) is 0 Å². The number of esters is 2. The van der Waals surface area contributed by atoms with Crippen molar-refractivity contribution in [2.24, 2.45) is 11.8 Å². The summed E-state index contributed by atoms with van der Waals surface area (Å²) in [6.07, 6.45) is -0.323. The van der Waals surface area contributed by atoms with Gasteiger partial charge in [0.05, 0.1) is 37.1 Å². The Morgan fingerprint density at radius 3 is 1.40 bits per heavy atom. The van der Waals surface area contributed by atoms with Crippen molar-refractivity contribution in [3.8, 4) is 0 Å². The van der Waals surface area contributed by atoms with Gasteiger partial charge in [-0.25, -0.2) is 0 Å². The maximum atomic E-state index is 12.0. The Morgan fingerprint density at radius 2 is 1.16 bits per heavy atom. The summed E-state index contributed by atoms with van der Waals surface area (Å²) in [5.41, 5.74) is 0. The summed E-state index contributed by atoms with van der Waals surface area (Å²) >= 11 is 26.5. The number of carbonyl (C=O) groups is 2. The van der Waals surface area contributed by atoms with Crippen LogP contribution in [-0.2, 0) is 28.5 Å². The zero-order chi connectivity index (χ0) is 19.2. The minimum atomic E-state index is -1.69. The van der Waals surface area contributed by atoms with E-state index < -0.39 is 39.3 Å². The van der Waals surface area contributed by atoms with Crippen molar-refractivity contribution < 1.29 is 28.5 Å². The molecule has 2 rings (SSSR count). The van der Waals surface area contributed by atoms with Gasteiger partial charge < -0.3 is 18.9 Å². The average Bonchev–Trinajstić information content (AvgIpc) is 2.84. The molecule has 0 aliphatic heterocycles. The second-order valence-corrected chi connectivity index (χ2v) is 7.80. The van der Waals surface area contributed by atoms with E-state index in [0.29, 0.717) is 0 Å². The Balaban J connectivity index is 2.69. The highest BCUT2D eigenvalue weighted by Gasteiger charge is 2.84. The molecular weight excluding hydrogens is 418 g/mol.